The molecule has 2 heterocycles. The van der Waals surface area contributed by atoms with Gasteiger partial charge in [0.05, 0.1) is 31.7 Å². The number of hydrogen-bond donors (Lipinski definition) is 1. The first-order chi connectivity index (χ1) is 14.1. The molecular formula is C23H23N3O3. The summed E-state index contributed by atoms with van der Waals surface area (Å²) in [6.07, 6.45) is 4.16. The normalized spacial score (nSPS) is 15.0. The van der Waals surface area contributed by atoms with E-state index in [-0.39, 0.29) is 11.9 Å². The van der Waals surface area contributed by atoms with Crippen molar-refractivity contribution in [3.63, 3.8) is 0 Å². The van der Waals surface area contributed by atoms with Crippen molar-refractivity contribution in [2.45, 2.75) is 19.4 Å². The van der Waals surface area contributed by atoms with E-state index < -0.39 is 0 Å². The van der Waals surface area contributed by atoms with Gasteiger partial charge >= 0.3 is 0 Å². The van der Waals surface area contributed by atoms with Crippen molar-refractivity contribution in [2.75, 3.05) is 24.4 Å². The molecule has 3 aromatic rings. The fourth-order valence-electron chi connectivity index (χ4n) is 3.72. The van der Waals surface area contributed by atoms with Crippen LogP contribution in [0.3, 0.4) is 0 Å². The van der Waals surface area contributed by atoms with Crippen molar-refractivity contribution in [1.82, 2.24) is 4.98 Å². The minimum atomic E-state index is -0.0501. The van der Waals surface area contributed by atoms with Crippen molar-refractivity contribution >= 4 is 23.0 Å². The van der Waals surface area contributed by atoms with E-state index in [2.05, 4.69) is 23.3 Å². The summed E-state index contributed by atoms with van der Waals surface area (Å²) < 4.78 is 10.6. The lowest BCUT2D eigenvalue weighted by Gasteiger charge is -2.23. The first kappa shape index (κ1) is 18.8. The number of amides is 1. The molecule has 0 spiro atoms. The molecule has 0 saturated heterocycles. The second kappa shape index (κ2) is 7.83. The Morgan fingerprint density at radius 3 is 2.62 bits per heavy atom. The van der Waals surface area contributed by atoms with Crippen LogP contribution in [0.25, 0.3) is 0 Å². The molecule has 1 unspecified atom stereocenters. The molecule has 148 valence electrons. The minimum Gasteiger partial charge on any atom is -0.493 e. The molecule has 1 aliphatic heterocycles. The van der Waals surface area contributed by atoms with Crippen LogP contribution in [-0.2, 0) is 6.42 Å². The van der Waals surface area contributed by atoms with Crippen LogP contribution in [0.1, 0.15) is 22.8 Å². The summed E-state index contributed by atoms with van der Waals surface area (Å²) in [4.78, 5) is 19.3. The lowest BCUT2D eigenvalue weighted by atomic mass is 10.1. The lowest BCUT2D eigenvalue weighted by Crippen LogP contribution is -2.35. The maximum atomic E-state index is 13.2. The van der Waals surface area contributed by atoms with Gasteiger partial charge in [-0.05, 0) is 43.2 Å². The Bertz CT molecular complexity index is 1050. The summed E-state index contributed by atoms with van der Waals surface area (Å²) in [5.74, 6) is 1.23. The second-order valence-electron chi connectivity index (χ2n) is 7.01. The van der Waals surface area contributed by atoms with Gasteiger partial charge in [0, 0.05) is 29.7 Å². The van der Waals surface area contributed by atoms with Crippen LogP contribution in [0.5, 0.6) is 11.5 Å². The molecule has 1 N–H and O–H groups in total. The van der Waals surface area contributed by atoms with Crippen LogP contribution >= 0.6 is 0 Å². The zero-order chi connectivity index (χ0) is 20.4. The van der Waals surface area contributed by atoms with Gasteiger partial charge in [0.15, 0.2) is 11.5 Å². The van der Waals surface area contributed by atoms with Gasteiger partial charge in [0.1, 0.15) is 0 Å². The highest BCUT2D eigenvalue weighted by Gasteiger charge is 2.31. The number of rotatable bonds is 5. The number of aromatic nitrogens is 1. The Morgan fingerprint density at radius 1 is 1.03 bits per heavy atom. The zero-order valence-corrected chi connectivity index (χ0v) is 16.7. The number of para-hydroxylation sites is 1. The van der Waals surface area contributed by atoms with Crippen LogP contribution in [0.15, 0.2) is 60.9 Å². The number of ether oxygens (including phenoxy) is 2. The number of carbonyl (C=O) groups is 1. The molecule has 0 aliphatic carbocycles. The zero-order valence-electron chi connectivity index (χ0n) is 16.7. The molecule has 29 heavy (non-hydrogen) atoms. The SMILES string of the molecule is COc1ccc(Nc2cncc(C(=O)N3c4ccccc4CC3C)c2)cc1OC. The van der Waals surface area contributed by atoms with E-state index in [1.165, 1.54) is 5.56 Å². The first-order valence-corrected chi connectivity index (χ1v) is 9.46. The molecule has 1 aliphatic rings. The van der Waals surface area contributed by atoms with Crippen LogP contribution in [0.4, 0.5) is 17.1 Å². The molecule has 4 rings (SSSR count). The third-order valence-electron chi connectivity index (χ3n) is 5.08. The Hall–Kier alpha value is -3.54. The van der Waals surface area contributed by atoms with Crippen molar-refractivity contribution in [3.8, 4) is 11.5 Å². The molecule has 2 aromatic carbocycles. The standard InChI is InChI=1S/C23H23N3O3/c1-15-10-16-6-4-5-7-20(16)26(15)23(27)17-11-19(14-24-13-17)25-18-8-9-21(28-2)22(12-18)29-3/h4-9,11-15,25H,10H2,1-3H3. The van der Waals surface area contributed by atoms with Gasteiger partial charge in [-0.2, -0.15) is 0 Å². The van der Waals surface area contributed by atoms with Gasteiger partial charge in [0.25, 0.3) is 5.91 Å². The molecule has 0 bridgehead atoms. The summed E-state index contributed by atoms with van der Waals surface area (Å²) in [6.45, 7) is 2.07. The molecule has 1 amide bonds. The highest BCUT2D eigenvalue weighted by atomic mass is 16.5. The van der Waals surface area contributed by atoms with E-state index in [0.29, 0.717) is 17.1 Å². The van der Waals surface area contributed by atoms with Crippen LogP contribution in [0, 0.1) is 0 Å². The van der Waals surface area contributed by atoms with Gasteiger partial charge < -0.3 is 19.7 Å². The molecule has 1 atom stereocenters. The maximum absolute atomic E-state index is 13.2. The Morgan fingerprint density at radius 2 is 1.83 bits per heavy atom. The number of nitrogens with zero attached hydrogens (tertiary/aromatic N) is 2. The fourth-order valence-corrected chi connectivity index (χ4v) is 3.72. The molecule has 0 radical (unpaired) electrons. The van der Waals surface area contributed by atoms with E-state index in [0.717, 1.165) is 23.5 Å². The predicted octanol–water partition coefficient (Wildman–Crippen LogP) is 4.43. The number of fused-ring (bicyclic) bond motifs is 1. The van der Waals surface area contributed by atoms with Gasteiger partial charge in [-0.25, -0.2) is 0 Å². The van der Waals surface area contributed by atoms with E-state index in [9.17, 15) is 4.79 Å². The number of hydrogen-bond acceptors (Lipinski definition) is 5. The molecular weight excluding hydrogens is 366 g/mol. The number of benzene rings is 2. The third kappa shape index (κ3) is 3.61. The smallest absolute Gasteiger partial charge is 0.260 e. The average molecular weight is 389 g/mol. The Balaban J connectivity index is 1.59. The number of pyridine rings is 1. The van der Waals surface area contributed by atoms with Gasteiger partial charge in [-0.3, -0.25) is 9.78 Å². The fraction of sp³-hybridized carbons (Fsp3) is 0.217. The second-order valence-corrected chi connectivity index (χ2v) is 7.01. The lowest BCUT2D eigenvalue weighted by molar-refractivity contribution is 0.0981. The van der Waals surface area contributed by atoms with Gasteiger partial charge in [-0.1, -0.05) is 18.2 Å². The van der Waals surface area contributed by atoms with Crippen molar-refractivity contribution in [2.24, 2.45) is 0 Å². The molecule has 6 nitrogen and oxygen atoms in total. The Labute approximate surface area is 170 Å². The Kier molecular flexibility index (Phi) is 5.08. The molecule has 0 fully saturated rings. The number of nitrogens with one attached hydrogen (secondary N) is 1. The van der Waals surface area contributed by atoms with Crippen LogP contribution in [-0.4, -0.2) is 31.2 Å². The van der Waals surface area contributed by atoms with Crippen LogP contribution < -0.4 is 19.7 Å². The van der Waals surface area contributed by atoms with Crippen LogP contribution in [0.2, 0.25) is 0 Å². The third-order valence-corrected chi connectivity index (χ3v) is 5.08. The maximum Gasteiger partial charge on any atom is 0.260 e. The molecule has 1 aromatic heterocycles. The highest BCUT2D eigenvalue weighted by molar-refractivity contribution is 6.08. The topological polar surface area (TPSA) is 63.7 Å². The van der Waals surface area contributed by atoms with Gasteiger partial charge in [0.2, 0.25) is 0 Å². The number of carbonyl (C=O) groups excluding carboxylic acids is 1. The largest absolute Gasteiger partial charge is 0.493 e. The monoisotopic (exact) mass is 389 g/mol. The number of anilines is 3. The quantitative estimate of drug-likeness (QED) is 0.699. The van der Waals surface area contributed by atoms with Crippen molar-refractivity contribution < 1.29 is 14.3 Å². The highest BCUT2D eigenvalue weighted by Crippen LogP contribution is 2.34. The van der Waals surface area contributed by atoms with Crippen molar-refractivity contribution in [3.05, 3.63) is 72.1 Å². The minimum absolute atomic E-state index is 0.0501. The van der Waals surface area contributed by atoms with E-state index >= 15 is 0 Å². The summed E-state index contributed by atoms with van der Waals surface area (Å²) in [5, 5.41) is 3.28. The first-order valence-electron chi connectivity index (χ1n) is 9.46. The van der Waals surface area contributed by atoms with Crippen molar-refractivity contribution in [1.29, 1.82) is 0 Å². The molecule has 6 heteroatoms. The van der Waals surface area contributed by atoms with E-state index in [4.69, 9.17) is 9.47 Å². The van der Waals surface area contributed by atoms with Gasteiger partial charge in [-0.15, -0.1) is 0 Å². The predicted molar refractivity (Wildman–Crippen MR) is 113 cm³/mol. The number of methoxy groups -OCH3 is 2. The summed E-state index contributed by atoms with van der Waals surface area (Å²) >= 11 is 0. The summed E-state index contributed by atoms with van der Waals surface area (Å²) in [7, 11) is 3.19. The molecule has 0 saturated carbocycles. The van der Waals surface area contributed by atoms with E-state index in [1.54, 1.807) is 26.6 Å². The summed E-state index contributed by atoms with van der Waals surface area (Å²) in [5.41, 5.74) is 4.25. The van der Waals surface area contributed by atoms with E-state index in [1.807, 2.05) is 47.4 Å². The summed E-state index contributed by atoms with van der Waals surface area (Å²) in [6, 6.07) is 15.5. The average Bonchev–Trinajstić information content (AvgIpc) is 3.09.